The van der Waals surface area contributed by atoms with E-state index in [2.05, 4.69) is 24.1 Å². The zero-order valence-corrected chi connectivity index (χ0v) is 12.7. The molecular weight excluding hydrogens is 228 g/mol. The molecule has 1 atom stereocenters. The molecule has 0 aliphatic rings. The van der Waals surface area contributed by atoms with Crippen molar-refractivity contribution in [2.24, 2.45) is 0 Å². The third-order valence-corrected chi connectivity index (χ3v) is 3.11. The zero-order valence-electron chi connectivity index (χ0n) is 12.7. The van der Waals surface area contributed by atoms with E-state index in [1.54, 1.807) is 0 Å². The fourth-order valence-corrected chi connectivity index (χ4v) is 2.05. The quantitative estimate of drug-likeness (QED) is 0.609. The molecule has 4 heteroatoms. The lowest BCUT2D eigenvalue weighted by atomic mass is 10.0. The van der Waals surface area contributed by atoms with Crippen molar-refractivity contribution in [2.75, 3.05) is 32.8 Å². The maximum Gasteiger partial charge on any atom is 0.327 e. The number of hydrogen-bond acceptors (Lipinski definition) is 4. The van der Waals surface area contributed by atoms with Crippen LogP contribution in [0.5, 0.6) is 0 Å². The first kappa shape index (κ1) is 17.4. The zero-order chi connectivity index (χ0) is 14.0. The third kappa shape index (κ3) is 5.83. The molecular formula is C14H30N2O2. The van der Waals surface area contributed by atoms with Crippen molar-refractivity contribution in [3.8, 4) is 0 Å². The molecule has 1 N–H and O–H groups in total. The molecule has 0 amide bonds. The summed E-state index contributed by atoms with van der Waals surface area (Å²) in [6.07, 6.45) is 2.34. The minimum atomic E-state index is -0.603. The molecule has 0 heterocycles. The molecule has 0 aromatic heterocycles. The van der Waals surface area contributed by atoms with E-state index in [1.807, 2.05) is 20.8 Å². The fourth-order valence-electron chi connectivity index (χ4n) is 2.05. The second-order valence-corrected chi connectivity index (χ2v) is 4.81. The lowest BCUT2D eigenvalue weighted by Crippen LogP contribution is -2.57. The highest BCUT2D eigenvalue weighted by molar-refractivity contribution is 5.80. The standard InChI is InChI=1S/C14H30N2O2/c1-6-10-11-16(8-3)12-14(5,15-7-2)13(17)18-9-4/h15H,6-12H2,1-5H3. The Bertz CT molecular complexity index is 234. The summed E-state index contributed by atoms with van der Waals surface area (Å²) in [5.74, 6) is -0.151. The minimum absolute atomic E-state index is 0.151. The van der Waals surface area contributed by atoms with Crippen LogP contribution in [0.2, 0.25) is 0 Å². The predicted octanol–water partition coefficient (Wildman–Crippen LogP) is 2.04. The second kappa shape index (κ2) is 9.34. The first-order chi connectivity index (χ1) is 8.53. The second-order valence-electron chi connectivity index (χ2n) is 4.81. The summed E-state index contributed by atoms with van der Waals surface area (Å²) >= 11 is 0. The molecule has 0 bridgehead atoms. The number of nitrogens with zero attached hydrogens (tertiary/aromatic N) is 1. The first-order valence-electron chi connectivity index (χ1n) is 7.18. The summed E-state index contributed by atoms with van der Waals surface area (Å²) in [7, 11) is 0. The maximum atomic E-state index is 12.1. The molecule has 4 nitrogen and oxygen atoms in total. The lowest BCUT2D eigenvalue weighted by molar-refractivity contribution is -0.151. The van der Waals surface area contributed by atoms with Crippen LogP contribution in [0.3, 0.4) is 0 Å². The van der Waals surface area contributed by atoms with Gasteiger partial charge in [-0.05, 0) is 39.9 Å². The molecule has 0 rings (SSSR count). The van der Waals surface area contributed by atoms with E-state index in [0.717, 1.165) is 19.6 Å². The number of carbonyl (C=O) groups excluding carboxylic acids is 1. The Balaban J connectivity index is 4.60. The number of carbonyl (C=O) groups is 1. The molecule has 0 saturated heterocycles. The van der Waals surface area contributed by atoms with E-state index < -0.39 is 5.54 Å². The molecule has 0 fully saturated rings. The van der Waals surface area contributed by atoms with E-state index in [-0.39, 0.29) is 5.97 Å². The normalized spacial score (nSPS) is 14.6. The van der Waals surface area contributed by atoms with Gasteiger partial charge in [-0.15, -0.1) is 0 Å². The molecule has 0 radical (unpaired) electrons. The highest BCUT2D eigenvalue weighted by Crippen LogP contribution is 2.10. The highest BCUT2D eigenvalue weighted by Gasteiger charge is 2.35. The maximum absolute atomic E-state index is 12.1. The van der Waals surface area contributed by atoms with Crippen molar-refractivity contribution in [1.29, 1.82) is 0 Å². The average Bonchev–Trinajstić information content (AvgIpc) is 2.35. The fraction of sp³-hybridized carbons (Fsp3) is 0.929. The van der Waals surface area contributed by atoms with Crippen LogP contribution in [0.15, 0.2) is 0 Å². The number of unbranched alkanes of at least 4 members (excludes halogenated alkanes) is 1. The Morgan fingerprint density at radius 2 is 1.94 bits per heavy atom. The Hall–Kier alpha value is -0.610. The van der Waals surface area contributed by atoms with E-state index >= 15 is 0 Å². The van der Waals surface area contributed by atoms with E-state index in [1.165, 1.54) is 12.8 Å². The van der Waals surface area contributed by atoms with Gasteiger partial charge in [0, 0.05) is 6.54 Å². The summed E-state index contributed by atoms with van der Waals surface area (Å²) in [5.41, 5.74) is -0.603. The van der Waals surface area contributed by atoms with E-state index in [0.29, 0.717) is 13.2 Å². The van der Waals surface area contributed by atoms with Gasteiger partial charge in [-0.25, -0.2) is 0 Å². The van der Waals surface area contributed by atoms with E-state index in [9.17, 15) is 4.79 Å². The van der Waals surface area contributed by atoms with Crippen LogP contribution in [-0.4, -0.2) is 49.2 Å². The Morgan fingerprint density at radius 1 is 1.28 bits per heavy atom. The molecule has 0 aliphatic carbocycles. The van der Waals surface area contributed by atoms with Crippen LogP contribution in [-0.2, 0) is 9.53 Å². The lowest BCUT2D eigenvalue weighted by Gasteiger charge is -2.33. The summed E-state index contributed by atoms with van der Waals surface area (Å²) < 4.78 is 5.18. The third-order valence-electron chi connectivity index (χ3n) is 3.11. The average molecular weight is 258 g/mol. The number of hydrogen-bond donors (Lipinski definition) is 1. The van der Waals surface area contributed by atoms with Crippen LogP contribution in [0, 0.1) is 0 Å². The molecule has 0 aliphatic heterocycles. The molecule has 0 spiro atoms. The SMILES string of the molecule is CCCCN(CC)CC(C)(NCC)C(=O)OCC. The first-order valence-corrected chi connectivity index (χ1v) is 7.18. The summed E-state index contributed by atoms with van der Waals surface area (Å²) in [6, 6.07) is 0. The molecule has 18 heavy (non-hydrogen) atoms. The number of rotatable bonds is 10. The minimum Gasteiger partial charge on any atom is -0.465 e. The Labute approximate surface area is 112 Å². The van der Waals surface area contributed by atoms with Gasteiger partial charge in [-0.2, -0.15) is 0 Å². The molecule has 0 saturated carbocycles. The predicted molar refractivity (Wildman–Crippen MR) is 75.7 cm³/mol. The summed E-state index contributed by atoms with van der Waals surface area (Å²) in [6.45, 7) is 14.0. The topological polar surface area (TPSA) is 41.6 Å². The van der Waals surface area contributed by atoms with Crippen molar-refractivity contribution in [2.45, 2.75) is 53.0 Å². The Morgan fingerprint density at radius 3 is 2.39 bits per heavy atom. The van der Waals surface area contributed by atoms with Crippen molar-refractivity contribution < 1.29 is 9.53 Å². The summed E-state index contributed by atoms with van der Waals surface area (Å²) in [5, 5.41) is 3.27. The number of ether oxygens (including phenoxy) is 1. The molecule has 0 aromatic rings. The number of nitrogens with one attached hydrogen (secondary N) is 1. The smallest absolute Gasteiger partial charge is 0.327 e. The Kier molecular flexibility index (Phi) is 9.02. The molecule has 0 aromatic carbocycles. The van der Waals surface area contributed by atoms with Gasteiger partial charge >= 0.3 is 5.97 Å². The van der Waals surface area contributed by atoms with Crippen LogP contribution >= 0.6 is 0 Å². The van der Waals surface area contributed by atoms with Gasteiger partial charge in [0.2, 0.25) is 0 Å². The van der Waals surface area contributed by atoms with Crippen LogP contribution in [0.4, 0.5) is 0 Å². The number of esters is 1. The molecule has 108 valence electrons. The van der Waals surface area contributed by atoms with Crippen molar-refractivity contribution >= 4 is 5.97 Å². The van der Waals surface area contributed by atoms with Gasteiger partial charge in [0.1, 0.15) is 5.54 Å². The van der Waals surface area contributed by atoms with Crippen molar-refractivity contribution in [3.05, 3.63) is 0 Å². The molecule has 1 unspecified atom stereocenters. The van der Waals surface area contributed by atoms with Crippen molar-refractivity contribution in [1.82, 2.24) is 10.2 Å². The number of likely N-dealkylation sites (N-methyl/N-ethyl adjacent to an activating group) is 2. The van der Waals surface area contributed by atoms with E-state index in [4.69, 9.17) is 4.74 Å². The van der Waals surface area contributed by atoms with Crippen LogP contribution in [0.1, 0.15) is 47.5 Å². The van der Waals surface area contributed by atoms with Gasteiger partial charge in [-0.3, -0.25) is 4.79 Å². The van der Waals surface area contributed by atoms with Crippen LogP contribution in [0.25, 0.3) is 0 Å². The largest absolute Gasteiger partial charge is 0.465 e. The van der Waals surface area contributed by atoms with Gasteiger partial charge < -0.3 is 15.0 Å². The van der Waals surface area contributed by atoms with Gasteiger partial charge in [0.15, 0.2) is 0 Å². The summed E-state index contributed by atoms with van der Waals surface area (Å²) in [4.78, 5) is 14.4. The highest BCUT2D eigenvalue weighted by atomic mass is 16.5. The van der Waals surface area contributed by atoms with Gasteiger partial charge in [0.05, 0.1) is 6.61 Å². The monoisotopic (exact) mass is 258 g/mol. The van der Waals surface area contributed by atoms with Gasteiger partial charge in [-0.1, -0.05) is 27.2 Å². The van der Waals surface area contributed by atoms with Crippen LogP contribution < -0.4 is 5.32 Å². The van der Waals surface area contributed by atoms with Crippen molar-refractivity contribution in [3.63, 3.8) is 0 Å². The van der Waals surface area contributed by atoms with Gasteiger partial charge in [0.25, 0.3) is 0 Å².